The van der Waals surface area contributed by atoms with E-state index in [2.05, 4.69) is 0 Å². The molecular weight excluding hydrogens is 304 g/mol. The van der Waals surface area contributed by atoms with Gasteiger partial charge in [0.1, 0.15) is 11.6 Å². The second kappa shape index (κ2) is 8.45. The first-order valence-electron chi connectivity index (χ1n) is 6.62. The van der Waals surface area contributed by atoms with Crippen molar-refractivity contribution in [2.45, 2.75) is 19.4 Å². The molecule has 7 heteroatoms. The molecule has 22 heavy (non-hydrogen) atoms. The van der Waals surface area contributed by atoms with Crippen molar-refractivity contribution >= 4 is 34.4 Å². The molecule has 5 N–H and O–H groups in total. The van der Waals surface area contributed by atoms with Gasteiger partial charge in [0.25, 0.3) is 0 Å². The molecule has 1 heterocycles. The van der Waals surface area contributed by atoms with Crippen molar-refractivity contribution in [2.75, 3.05) is 17.7 Å². The maximum Gasteiger partial charge on any atom is 0.336 e. The van der Waals surface area contributed by atoms with Gasteiger partial charge in [-0.25, -0.2) is 4.79 Å². The predicted molar refractivity (Wildman–Crippen MR) is 90.2 cm³/mol. The van der Waals surface area contributed by atoms with Crippen LogP contribution in [0.15, 0.2) is 33.5 Å². The minimum Gasteiger partial charge on any atom is -0.480 e. The number of carboxylic acids is 1. The lowest BCUT2D eigenvalue weighted by atomic mass is 10.1. The van der Waals surface area contributed by atoms with Crippen LogP contribution >= 0.6 is 11.8 Å². The van der Waals surface area contributed by atoms with E-state index in [1.807, 2.05) is 19.2 Å². The van der Waals surface area contributed by atoms with Crippen LogP contribution in [0.25, 0.3) is 11.0 Å². The summed E-state index contributed by atoms with van der Waals surface area (Å²) in [5.41, 5.74) is 12.5. The minimum atomic E-state index is -0.913. The third kappa shape index (κ3) is 5.42. The highest BCUT2D eigenvalue weighted by Crippen LogP contribution is 2.18. The summed E-state index contributed by atoms with van der Waals surface area (Å²) in [7, 11) is 0. The number of aryl methyl sites for hydroxylation is 1. The van der Waals surface area contributed by atoms with Crippen LogP contribution in [-0.2, 0) is 4.79 Å². The van der Waals surface area contributed by atoms with Gasteiger partial charge in [-0.2, -0.15) is 11.8 Å². The number of carbonyl (C=O) groups is 1. The SMILES string of the molecule is CSCC[C@H](N)C(=O)O.Cc1cc(=O)oc2cc(N)ccc12. The lowest BCUT2D eigenvalue weighted by molar-refractivity contribution is -0.138. The molecule has 2 aromatic rings. The summed E-state index contributed by atoms with van der Waals surface area (Å²) in [6, 6.07) is 6.08. The molecule has 0 radical (unpaired) electrons. The first-order valence-corrected chi connectivity index (χ1v) is 8.02. The van der Waals surface area contributed by atoms with Crippen molar-refractivity contribution < 1.29 is 14.3 Å². The van der Waals surface area contributed by atoms with Crippen LogP contribution in [0.3, 0.4) is 0 Å². The molecule has 2 rings (SSSR count). The third-order valence-electron chi connectivity index (χ3n) is 2.93. The Morgan fingerprint density at radius 3 is 2.68 bits per heavy atom. The molecule has 0 bridgehead atoms. The number of fused-ring (bicyclic) bond motifs is 1. The van der Waals surface area contributed by atoms with Gasteiger partial charge < -0.3 is 21.0 Å². The van der Waals surface area contributed by atoms with E-state index < -0.39 is 12.0 Å². The average molecular weight is 324 g/mol. The molecule has 0 fully saturated rings. The molecule has 120 valence electrons. The molecule has 0 spiro atoms. The Bertz CT molecular complexity index is 699. The predicted octanol–water partition coefficient (Wildman–Crippen LogP) is 1.84. The number of anilines is 1. The van der Waals surface area contributed by atoms with Crippen LogP contribution in [0.5, 0.6) is 0 Å². The van der Waals surface area contributed by atoms with Crippen LogP contribution in [0.1, 0.15) is 12.0 Å². The van der Waals surface area contributed by atoms with Gasteiger partial charge in [0, 0.05) is 23.2 Å². The molecule has 0 saturated heterocycles. The number of benzene rings is 1. The maximum atomic E-state index is 11.0. The number of nitrogens with two attached hydrogens (primary N) is 2. The first-order chi connectivity index (χ1) is 10.3. The number of aliphatic carboxylic acids is 1. The molecule has 6 nitrogen and oxygen atoms in total. The normalized spacial score (nSPS) is 11.6. The summed E-state index contributed by atoms with van der Waals surface area (Å²) in [6.07, 6.45) is 2.48. The van der Waals surface area contributed by atoms with Crippen LogP contribution in [-0.4, -0.2) is 29.1 Å². The van der Waals surface area contributed by atoms with Crippen molar-refractivity contribution in [3.63, 3.8) is 0 Å². The van der Waals surface area contributed by atoms with Crippen molar-refractivity contribution in [1.29, 1.82) is 0 Å². The Labute approximate surface area is 132 Å². The van der Waals surface area contributed by atoms with E-state index in [4.69, 9.17) is 21.0 Å². The van der Waals surface area contributed by atoms with E-state index >= 15 is 0 Å². The summed E-state index contributed by atoms with van der Waals surface area (Å²) in [5.74, 6) is -0.1000. The van der Waals surface area contributed by atoms with Crippen LogP contribution in [0, 0.1) is 6.92 Å². The Balaban J connectivity index is 0.000000239. The number of hydrogen-bond acceptors (Lipinski definition) is 6. The van der Waals surface area contributed by atoms with Gasteiger partial charge >= 0.3 is 11.6 Å². The van der Waals surface area contributed by atoms with Crippen molar-refractivity contribution in [1.82, 2.24) is 0 Å². The van der Waals surface area contributed by atoms with E-state index in [1.54, 1.807) is 23.9 Å². The van der Waals surface area contributed by atoms with Gasteiger partial charge in [-0.15, -0.1) is 0 Å². The number of carboxylic acid groups (broad SMARTS) is 1. The number of nitrogen functional groups attached to an aromatic ring is 1. The zero-order valence-electron chi connectivity index (χ0n) is 12.5. The number of hydrogen-bond donors (Lipinski definition) is 3. The molecule has 1 aromatic heterocycles. The second-order valence-electron chi connectivity index (χ2n) is 4.73. The fraction of sp³-hybridized carbons (Fsp3) is 0.333. The van der Waals surface area contributed by atoms with Crippen molar-refractivity contribution in [2.24, 2.45) is 5.73 Å². The Morgan fingerprint density at radius 1 is 1.41 bits per heavy atom. The highest BCUT2D eigenvalue weighted by Gasteiger charge is 2.09. The molecule has 0 amide bonds. The van der Waals surface area contributed by atoms with Gasteiger partial charge in [0.05, 0.1) is 0 Å². The van der Waals surface area contributed by atoms with Gasteiger partial charge in [-0.05, 0) is 43.0 Å². The van der Waals surface area contributed by atoms with Crippen LogP contribution < -0.4 is 17.1 Å². The quantitative estimate of drug-likeness (QED) is 0.579. The van der Waals surface area contributed by atoms with Crippen molar-refractivity contribution in [3.05, 3.63) is 40.2 Å². The molecule has 0 saturated carbocycles. The highest BCUT2D eigenvalue weighted by molar-refractivity contribution is 7.98. The summed E-state index contributed by atoms with van der Waals surface area (Å²) >= 11 is 1.60. The molecule has 0 aliphatic carbocycles. The maximum absolute atomic E-state index is 11.0. The van der Waals surface area contributed by atoms with E-state index in [0.29, 0.717) is 17.7 Å². The third-order valence-corrected chi connectivity index (χ3v) is 3.57. The highest BCUT2D eigenvalue weighted by atomic mass is 32.2. The Morgan fingerprint density at radius 2 is 2.09 bits per heavy atom. The van der Waals surface area contributed by atoms with E-state index in [0.717, 1.165) is 16.7 Å². The molecule has 0 aliphatic rings. The summed E-state index contributed by atoms with van der Waals surface area (Å²) in [5, 5.41) is 9.20. The van der Waals surface area contributed by atoms with Gasteiger partial charge in [-0.3, -0.25) is 4.79 Å². The van der Waals surface area contributed by atoms with E-state index in [-0.39, 0.29) is 5.63 Å². The minimum absolute atomic E-state index is 0.337. The summed E-state index contributed by atoms with van der Waals surface area (Å²) in [6.45, 7) is 1.87. The van der Waals surface area contributed by atoms with E-state index in [9.17, 15) is 9.59 Å². The lowest BCUT2D eigenvalue weighted by Gasteiger charge is -2.02. The average Bonchev–Trinajstić information content (AvgIpc) is 2.44. The van der Waals surface area contributed by atoms with Gasteiger partial charge in [0.15, 0.2) is 0 Å². The van der Waals surface area contributed by atoms with Gasteiger partial charge in [0.2, 0.25) is 0 Å². The Hall–Kier alpha value is -1.99. The molecule has 1 atom stereocenters. The van der Waals surface area contributed by atoms with Crippen LogP contribution in [0.4, 0.5) is 5.69 Å². The fourth-order valence-corrected chi connectivity index (χ4v) is 2.20. The lowest BCUT2D eigenvalue weighted by Crippen LogP contribution is -2.30. The number of thioether (sulfide) groups is 1. The van der Waals surface area contributed by atoms with E-state index in [1.165, 1.54) is 6.07 Å². The molecule has 0 aliphatic heterocycles. The van der Waals surface area contributed by atoms with Crippen molar-refractivity contribution in [3.8, 4) is 0 Å². The zero-order chi connectivity index (χ0) is 16.7. The van der Waals surface area contributed by atoms with Gasteiger partial charge in [-0.1, -0.05) is 0 Å². The molecule has 0 unspecified atom stereocenters. The topological polar surface area (TPSA) is 120 Å². The first kappa shape index (κ1) is 18.1. The summed E-state index contributed by atoms with van der Waals surface area (Å²) < 4.78 is 4.99. The number of rotatable bonds is 4. The fourth-order valence-electron chi connectivity index (χ4n) is 1.71. The summed E-state index contributed by atoms with van der Waals surface area (Å²) in [4.78, 5) is 21.1. The Kier molecular flexibility index (Phi) is 6.94. The largest absolute Gasteiger partial charge is 0.480 e. The monoisotopic (exact) mass is 324 g/mol. The second-order valence-corrected chi connectivity index (χ2v) is 5.72. The van der Waals surface area contributed by atoms with Crippen LogP contribution in [0.2, 0.25) is 0 Å². The standard InChI is InChI=1S/C10H9NO2.C5H11NO2S/c1-6-4-10(12)13-9-5-7(11)2-3-8(6)9;1-9-3-2-4(6)5(7)8/h2-5H,11H2,1H3;4H,2-3,6H2,1H3,(H,7,8)/t;4-/m.0/s1. The zero-order valence-corrected chi connectivity index (χ0v) is 13.4. The molecular formula is C15H20N2O4S. The molecule has 1 aromatic carbocycles. The smallest absolute Gasteiger partial charge is 0.336 e.